The molecule has 6 heterocycles. The summed E-state index contributed by atoms with van der Waals surface area (Å²) >= 11 is 1.50. The van der Waals surface area contributed by atoms with Gasteiger partial charge in [0, 0.05) is 73.2 Å². The van der Waals surface area contributed by atoms with Crippen molar-refractivity contribution >= 4 is 74.8 Å². The molecule has 18 nitrogen and oxygen atoms in total. The van der Waals surface area contributed by atoms with E-state index in [9.17, 15) is 29.1 Å². The Balaban J connectivity index is 0.822. The number of carbonyl (C=O) groups excluding carboxylic acids is 5. The number of hydrogen-bond acceptors (Lipinski definition) is 14. The highest BCUT2D eigenvalue weighted by Gasteiger charge is 2.45. The number of amides is 6. The zero-order chi connectivity index (χ0) is 42.8. The average Bonchev–Trinajstić information content (AvgIpc) is 3.99. The first-order chi connectivity index (χ1) is 29.5. The van der Waals surface area contributed by atoms with Gasteiger partial charge in [0.25, 0.3) is 11.8 Å². The normalized spacial score (nSPS) is 17.2. The Morgan fingerprint density at radius 3 is 2.49 bits per heavy atom. The minimum atomic E-state index is -1.03. The van der Waals surface area contributed by atoms with Crippen LogP contribution in [0.5, 0.6) is 0 Å². The molecule has 0 radical (unpaired) electrons. The molecule has 0 saturated carbocycles. The van der Waals surface area contributed by atoms with E-state index in [1.54, 1.807) is 33.8 Å². The van der Waals surface area contributed by atoms with Crippen molar-refractivity contribution in [3.63, 3.8) is 0 Å². The molecule has 3 aliphatic heterocycles. The van der Waals surface area contributed by atoms with Gasteiger partial charge in [-0.15, -0.1) is 11.3 Å². The van der Waals surface area contributed by atoms with E-state index in [1.165, 1.54) is 11.3 Å². The lowest BCUT2D eigenvalue weighted by atomic mass is 10.0. The van der Waals surface area contributed by atoms with E-state index in [1.807, 2.05) is 43.5 Å². The van der Waals surface area contributed by atoms with Crippen molar-refractivity contribution in [1.29, 1.82) is 0 Å². The number of urea groups is 1. The van der Waals surface area contributed by atoms with Gasteiger partial charge >= 0.3 is 6.03 Å². The molecule has 8 rings (SSSR count). The van der Waals surface area contributed by atoms with E-state index >= 15 is 0 Å². The molecule has 3 aromatic heterocycles. The van der Waals surface area contributed by atoms with E-state index < -0.39 is 29.7 Å². The lowest BCUT2D eigenvalue weighted by Gasteiger charge is -2.34. The Morgan fingerprint density at radius 1 is 0.984 bits per heavy atom. The maximum atomic E-state index is 13.5. The van der Waals surface area contributed by atoms with Crippen LogP contribution in [0.2, 0.25) is 0 Å². The highest BCUT2D eigenvalue weighted by atomic mass is 32.1. The molecule has 318 valence electrons. The number of imide groups is 2. The van der Waals surface area contributed by atoms with Crippen molar-refractivity contribution in [2.45, 2.75) is 71.1 Å². The van der Waals surface area contributed by atoms with Crippen LogP contribution in [0, 0.1) is 0 Å². The highest BCUT2D eigenvalue weighted by Crippen LogP contribution is 2.33. The second-order valence-corrected chi connectivity index (χ2v) is 16.6. The van der Waals surface area contributed by atoms with Crippen LogP contribution in [0.15, 0.2) is 60.9 Å². The van der Waals surface area contributed by atoms with Crippen LogP contribution >= 0.6 is 11.3 Å². The molecule has 2 saturated heterocycles. The van der Waals surface area contributed by atoms with Crippen molar-refractivity contribution in [3.8, 4) is 0 Å². The zero-order valence-electron chi connectivity index (χ0n) is 34.1. The molecular formula is C42H48N12O6S. The van der Waals surface area contributed by atoms with Gasteiger partial charge in [0.2, 0.25) is 11.8 Å². The van der Waals surface area contributed by atoms with Gasteiger partial charge in [-0.3, -0.25) is 29.4 Å². The molecule has 5 aromatic rings. The minimum Gasteiger partial charge on any atom is -0.394 e. The fourth-order valence-electron chi connectivity index (χ4n) is 7.64. The van der Waals surface area contributed by atoms with Gasteiger partial charge < -0.3 is 36.2 Å². The number of carbonyl (C=O) groups is 5. The Bertz CT molecular complexity index is 2470. The van der Waals surface area contributed by atoms with E-state index in [4.69, 9.17) is 4.98 Å². The summed E-state index contributed by atoms with van der Waals surface area (Å²) in [6, 6.07) is 13.2. The fraction of sp³-hybridized carbons (Fsp3) is 0.381. The van der Waals surface area contributed by atoms with E-state index in [0.717, 1.165) is 43.9 Å². The minimum absolute atomic E-state index is 0.00322. The molecule has 0 bridgehead atoms. The summed E-state index contributed by atoms with van der Waals surface area (Å²) in [5.41, 5.74) is 4.37. The summed E-state index contributed by atoms with van der Waals surface area (Å²) in [4.78, 5) is 79.3. The fourth-order valence-corrected chi connectivity index (χ4v) is 8.55. The highest BCUT2D eigenvalue weighted by molar-refractivity contribution is 7.15. The maximum Gasteiger partial charge on any atom is 0.321 e. The molecule has 1 unspecified atom stereocenters. The number of benzene rings is 2. The largest absolute Gasteiger partial charge is 0.394 e. The van der Waals surface area contributed by atoms with Gasteiger partial charge in [0.05, 0.1) is 36.5 Å². The molecule has 3 aliphatic rings. The molecule has 0 spiro atoms. The Kier molecular flexibility index (Phi) is 11.8. The topological polar surface area (TPSA) is 219 Å². The molecule has 6 N–H and O–H groups in total. The van der Waals surface area contributed by atoms with Gasteiger partial charge in [0.1, 0.15) is 17.7 Å². The third-order valence-corrected chi connectivity index (χ3v) is 12.2. The summed E-state index contributed by atoms with van der Waals surface area (Å²) in [7, 11) is 0. The second-order valence-electron chi connectivity index (χ2n) is 15.5. The molecule has 2 fully saturated rings. The summed E-state index contributed by atoms with van der Waals surface area (Å²) in [6.45, 7) is 9.31. The number of anilines is 5. The first-order valence-electron chi connectivity index (χ1n) is 20.4. The first kappa shape index (κ1) is 41.1. The lowest BCUT2D eigenvalue weighted by Crippen LogP contribution is -2.54. The quantitative estimate of drug-likeness (QED) is 0.0852. The second kappa shape index (κ2) is 17.6. The number of piperazine rings is 1. The van der Waals surface area contributed by atoms with Gasteiger partial charge in [-0.05, 0) is 48.6 Å². The van der Waals surface area contributed by atoms with Crippen molar-refractivity contribution in [2.24, 2.45) is 0 Å². The number of piperidine rings is 1. The van der Waals surface area contributed by atoms with Gasteiger partial charge in [-0.25, -0.2) is 14.8 Å². The third-order valence-electron chi connectivity index (χ3n) is 11.2. The standard InChI is InChI=1S/C42H48N12O6S/c1-4-26(23-55)47-33-18-34(54-37(49-33)30(22-46-54)24(2)3)44-19-25-8-10-27(11-9-25)48-41(60)51-14-16-52(17-15-51)42-45-21-28(61-42)20-43-31-7-5-6-29-36(31)40(59)53(39(29)58)32-12-13-35(56)50-38(32)57/h5-11,18,21-22,24,26,32,43-44,55H,4,12-17,19-20,23H2,1-3H3,(H,47,49)(H,48,60)(H,50,56,57)/t26-,32?/m0/s1. The Hall–Kier alpha value is -6.60. The van der Waals surface area contributed by atoms with Crippen molar-refractivity contribution < 1.29 is 29.1 Å². The van der Waals surface area contributed by atoms with Gasteiger partial charge in [-0.1, -0.05) is 39.0 Å². The van der Waals surface area contributed by atoms with Crippen LogP contribution in [0.3, 0.4) is 0 Å². The molecule has 0 aliphatic carbocycles. The van der Waals surface area contributed by atoms with Crippen LogP contribution < -0.4 is 31.5 Å². The summed E-state index contributed by atoms with van der Waals surface area (Å²) < 4.78 is 1.80. The predicted molar refractivity (Wildman–Crippen MR) is 231 cm³/mol. The van der Waals surface area contributed by atoms with E-state index in [-0.39, 0.29) is 48.6 Å². The Morgan fingerprint density at radius 2 is 1.77 bits per heavy atom. The van der Waals surface area contributed by atoms with Crippen LogP contribution in [0.1, 0.15) is 82.7 Å². The molecular weight excluding hydrogens is 801 g/mol. The van der Waals surface area contributed by atoms with Crippen LogP contribution in [0.4, 0.5) is 32.9 Å². The number of thiazole rings is 1. The zero-order valence-corrected chi connectivity index (χ0v) is 34.9. The third kappa shape index (κ3) is 8.56. The number of nitrogens with zero attached hydrogens (tertiary/aromatic N) is 7. The number of nitrogens with one attached hydrogen (secondary N) is 5. The van der Waals surface area contributed by atoms with Crippen LogP contribution in [-0.2, 0) is 22.7 Å². The van der Waals surface area contributed by atoms with Crippen molar-refractivity contribution in [3.05, 3.63) is 88.1 Å². The van der Waals surface area contributed by atoms with Crippen molar-refractivity contribution in [1.82, 2.24) is 34.7 Å². The molecule has 2 aromatic carbocycles. The SMILES string of the molecule is CC[C@@H](CO)Nc1cc(NCc2ccc(NC(=O)N3CCN(c4ncc(CNc5cccc6c5C(=O)N(C5CCC(=O)NC5=O)C6=O)s4)CC3)cc2)n2ncc(C(C)C)c2n1. The van der Waals surface area contributed by atoms with Crippen molar-refractivity contribution in [2.75, 3.05) is 59.0 Å². The average molecular weight is 849 g/mol. The number of rotatable bonds is 14. The monoisotopic (exact) mass is 848 g/mol. The maximum absolute atomic E-state index is 13.5. The Labute approximate surface area is 355 Å². The predicted octanol–water partition coefficient (Wildman–Crippen LogP) is 4.47. The van der Waals surface area contributed by atoms with E-state index in [0.29, 0.717) is 56.5 Å². The van der Waals surface area contributed by atoms with Gasteiger partial charge in [-0.2, -0.15) is 9.61 Å². The van der Waals surface area contributed by atoms with Gasteiger partial charge in [0.15, 0.2) is 10.8 Å². The van der Waals surface area contributed by atoms with E-state index in [2.05, 4.69) is 55.4 Å². The number of fused-ring (bicyclic) bond motifs is 2. The number of hydrogen-bond donors (Lipinski definition) is 6. The van der Waals surface area contributed by atoms with Crippen LogP contribution in [-0.4, -0.2) is 109 Å². The molecule has 6 amide bonds. The van der Waals surface area contributed by atoms with Crippen LogP contribution in [0.25, 0.3) is 5.65 Å². The smallest absolute Gasteiger partial charge is 0.321 e. The lowest BCUT2D eigenvalue weighted by molar-refractivity contribution is -0.136. The summed E-state index contributed by atoms with van der Waals surface area (Å²) in [5, 5.41) is 30.5. The first-order valence-corrected chi connectivity index (χ1v) is 21.3. The number of aliphatic hydroxyl groups is 1. The molecule has 2 atom stereocenters. The number of aromatic nitrogens is 4. The summed E-state index contributed by atoms with van der Waals surface area (Å²) in [6.07, 6.45) is 4.51. The summed E-state index contributed by atoms with van der Waals surface area (Å²) in [5.74, 6) is -0.532. The number of aliphatic hydroxyl groups excluding tert-OH is 1. The molecule has 19 heteroatoms. The molecule has 61 heavy (non-hydrogen) atoms.